The minimum atomic E-state index is -4.60. The third kappa shape index (κ3) is 16.4. The molecule has 0 saturated carbocycles. The summed E-state index contributed by atoms with van der Waals surface area (Å²) in [7, 11) is -3.62. The molecule has 4 aromatic carbocycles. The van der Waals surface area contributed by atoms with Gasteiger partial charge in [0.1, 0.15) is 16.7 Å². The van der Waals surface area contributed by atoms with Crippen molar-refractivity contribution >= 4 is 52.8 Å². The molecule has 0 aromatic heterocycles. The molecule has 1 amide bonds. The van der Waals surface area contributed by atoms with Gasteiger partial charge in [-0.15, -0.1) is 0 Å². The fourth-order valence-electron chi connectivity index (χ4n) is 9.95. The van der Waals surface area contributed by atoms with Crippen molar-refractivity contribution in [2.45, 2.75) is 88.4 Å². The van der Waals surface area contributed by atoms with Crippen LogP contribution in [-0.4, -0.2) is 123 Å². The number of hydrogen-bond acceptors (Lipinski definition) is 12. The lowest BCUT2D eigenvalue weighted by Gasteiger charge is -2.30. The highest BCUT2D eigenvalue weighted by molar-refractivity contribution is 8.71. The summed E-state index contributed by atoms with van der Waals surface area (Å²) < 4.78 is 83.1. The Hall–Kier alpha value is -5.17. The highest BCUT2D eigenvalue weighted by atomic mass is 33.1. The lowest BCUT2D eigenvalue weighted by Crippen LogP contribution is -2.30. The SMILES string of the molecule is CCc1ccc(-c2ccc3c(c2)C(C)(C)C(/C=C/C=C/C=C/C=C2/N(CCCOCCOC)c4ccc(-c5ccc(S(=O)(=O)[O-])cc5)cc4C2(C)CCCCCC(=O)NCCSS(C)(=O)=O)=[N+]3CCOCCOC)cc1. The number of nitrogens with zero attached hydrogens (tertiary/aromatic N) is 2. The second kappa shape index (κ2) is 28.5. The normalized spacial score (nSPS) is 17.0. The monoisotopic (exact) mass is 1100 g/mol. The molecule has 1 N–H and O–H groups in total. The van der Waals surface area contributed by atoms with E-state index in [4.69, 9.17) is 18.9 Å². The lowest BCUT2D eigenvalue weighted by molar-refractivity contribution is -0.442. The van der Waals surface area contributed by atoms with Gasteiger partial charge in [0.25, 0.3) is 0 Å². The van der Waals surface area contributed by atoms with Gasteiger partial charge in [0.2, 0.25) is 11.6 Å². The average molecular weight is 1100 g/mol. The molecule has 0 aliphatic carbocycles. The summed E-state index contributed by atoms with van der Waals surface area (Å²) in [6.07, 6.45) is 21.1. The first kappa shape index (κ1) is 60.1. The number of nitrogens with one attached hydrogen (secondary N) is 1. The third-order valence-corrected chi connectivity index (χ3v) is 17.5. The molecule has 410 valence electrons. The summed E-state index contributed by atoms with van der Waals surface area (Å²) >= 11 is 0. The molecule has 0 spiro atoms. The van der Waals surface area contributed by atoms with Crippen LogP contribution in [0.2, 0.25) is 0 Å². The van der Waals surface area contributed by atoms with Gasteiger partial charge in [-0.2, -0.15) is 4.58 Å². The molecule has 0 fully saturated rings. The van der Waals surface area contributed by atoms with E-state index in [0.29, 0.717) is 71.3 Å². The van der Waals surface area contributed by atoms with Crippen molar-refractivity contribution in [1.82, 2.24) is 5.32 Å². The van der Waals surface area contributed by atoms with Crippen LogP contribution in [0.4, 0.5) is 11.4 Å². The summed E-state index contributed by atoms with van der Waals surface area (Å²) in [5.41, 5.74) is 11.6. The molecule has 2 heterocycles. The lowest BCUT2D eigenvalue weighted by atomic mass is 9.76. The number of hydrogen-bond donors (Lipinski definition) is 1. The molecule has 1 atom stereocenters. The van der Waals surface area contributed by atoms with Crippen molar-refractivity contribution in [3.63, 3.8) is 0 Å². The van der Waals surface area contributed by atoms with Crippen LogP contribution in [0.3, 0.4) is 0 Å². The van der Waals surface area contributed by atoms with Gasteiger partial charge >= 0.3 is 0 Å². The molecule has 2 aliphatic heterocycles. The molecule has 2 aliphatic rings. The molecule has 13 nitrogen and oxygen atoms in total. The van der Waals surface area contributed by atoms with Gasteiger partial charge in [0.15, 0.2) is 21.1 Å². The maximum Gasteiger partial charge on any atom is 0.220 e. The number of carbonyl (C=O) groups is 1. The van der Waals surface area contributed by atoms with Gasteiger partial charge in [-0.25, -0.2) is 16.8 Å². The standard InChI is InChI=1S/C60H77N3O10S3/c1-8-46-21-23-47(24-22-46)49-27-31-54-52(44-49)59(2,3)56(63(54)36-38-73-42-40-71-6)18-13-10-9-11-14-19-57-60(4,33-16-12-15-20-58(64)61-34-43-74-75(7,65)66)53-45-50(48-25-29-51(30-26-48)76(67,68)69)28-32-55(53)62(57)35-17-37-72-41-39-70-5/h9-11,13-14,18-19,21-32,44-45H,8,12,15-17,20,33-43H2,1-7H3,(H-,61,64,67,68,69). The molecular formula is C60H77N3O10S3. The number of fused-ring (bicyclic) bond motifs is 2. The van der Waals surface area contributed by atoms with Crippen LogP contribution in [0.1, 0.15) is 82.9 Å². The Morgan fingerprint density at radius 3 is 2.00 bits per heavy atom. The summed E-state index contributed by atoms with van der Waals surface area (Å²) in [5, 5.41) is 2.84. The molecule has 0 bridgehead atoms. The molecular weight excluding hydrogens is 1020 g/mol. The second-order valence-electron chi connectivity index (χ2n) is 19.8. The summed E-state index contributed by atoms with van der Waals surface area (Å²) in [6, 6.07) is 28.0. The number of rotatable bonds is 31. The van der Waals surface area contributed by atoms with Crippen LogP contribution in [0.5, 0.6) is 0 Å². The highest BCUT2D eigenvalue weighted by Crippen LogP contribution is 2.52. The molecule has 6 rings (SSSR count). The van der Waals surface area contributed by atoms with Crippen LogP contribution in [0.15, 0.2) is 138 Å². The van der Waals surface area contributed by atoms with Crippen LogP contribution in [-0.2, 0) is 60.0 Å². The first-order valence-corrected chi connectivity index (χ1v) is 31.1. The van der Waals surface area contributed by atoms with Gasteiger partial charge in [-0.05, 0) is 133 Å². The number of allylic oxidation sites excluding steroid dienone is 8. The smallest absolute Gasteiger partial charge is 0.220 e. The number of ether oxygens (including phenoxy) is 4. The van der Waals surface area contributed by atoms with Crippen LogP contribution in [0, 0.1) is 0 Å². The molecule has 0 saturated heterocycles. The largest absolute Gasteiger partial charge is 0.744 e. The van der Waals surface area contributed by atoms with E-state index in [1.807, 2.05) is 18.2 Å². The van der Waals surface area contributed by atoms with Crippen LogP contribution in [0.25, 0.3) is 22.3 Å². The highest BCUT2D eigenvalue weighted by Gasteiger charge is 2.45. The Kier molecular flexibility index (Phi) is 22.5. The van der Waals surface area contributed by atoms with E-state index in [1.54, 1.807) is 26.4 Å². The predicted molar refractivity (Wildman–Crippen MR) is 308 cm³/mol. The Morgan fingerprint density at radius 1 is 0.724 bits per heavy atom. The van der Waals surface area contributed by atoms with Gasteiger partial charge in [0.05, 0.1) is 36.7 Å². The van der Waals surface area contributed by atoms with E-state index in [-0.39, 0.29) is 22.8 Å². The van der Waals surface area contributed by atoms with E-state index in [2.05, 4.69) is 127 Å². The Balaban J connectivity index is 1.27. The predicted octanol–water partition coefficient (Wildman–Crippen LogP) is 10.7. The molecule has 16 heteroatoms. The average Bonchev–Trinajstić information content (AvgIpc) is 3.81. The van der Waals surface area contributed by atoms with E-state index in [0.717, 1.165) is 77.2 Å². The fraction of sp³-hybridized carbons (Fsp3) is 0.433. The zero-order valence-electron chi connectivity index (χ0n) is 45.3. The number of anilines is 1. The summed E-state index contributed by atoms with van der Waals surface area (Å²) in [5.74, 6) is 0.200. The number of methoxy groups -OCH3 is 2. The minimum absolute atomic E-state index is 0.0985. The topological polar surface area (TPSA) is 164 Å². The van der Waals surface area contributed by atoms with E-state index < -0.39 is 24.4 Å². The molecule has 0 radical (unpaired) electrons. The minimum Gasteiger partial charge on any atom is -0.744 e. The van der Waals surface area contributed by atoms with Gasteiger partial charge in [0, 0.05) is 86.9 Å². The number of amides is 1. The Morgan fingerprint density at radius 2 is 1.34 bits per heavy atom. The van der Waals surface area contributed by atoms with Crippen molar-refractivity contribution in [2.24, 2.45) is 0 Å². The van der Waals surface area contributed by atoms with Crippen molar-refractivity contribution in [1.29, 1.82) is 0 Å². The summed E-state index contributed by atoms with van der Waals surface area (Å²) in [6.45, 7) is 13.9. The number of benzene rings is 4. The second-order valence-corrected chi connectivity index (χ2v) is 25.8. The van der Waals surface area contributed by atoms with Crippen molar-refractivity contribution < 1.29 is 49.7 Å². The van der Waals surface area contributed by atoms with E-state index in [9.17, 15) is 26.2 Å². The number of unbranched alkanes of at least 4 members (excludes halogenated alkanes) is 2. The maximum atomic E-state index is 12.7. The number of aryl methyl sites for hydroxylation is 1. The van der Waals surface area contributed by atoms with Crippen molar-refractivity contribution in [2.75, 3.05) is 90.4 Å². The molecule has 4 aromatic rings. The van der Waals surface area contributed by atoms with Crippen molar-refractivity contribution in [3.8, 4) is 22.3 Å². The van der Waals surface area contributed by atoms with Gasteiger partial charge in [-0.3, -0.25) is 4.79 Å². The van der Waals surface area contributed by atoms with E-state index in [1.165, 1.54) is 45.8 Å². The third-order valence-electron chi connectivity index (χ3n) is 14.0. The fourth-order valence-corrected chi connectivity index (χ4v) is 12.1. The Labute approximate surface area is 456 Å². The quantitative estimate of drug-likeness (QED) is 0.0167. The first-order valence-electron chi connectivity index (χ1n) is 26.2. The Bertz CT molecular complexity index is 2960. The van der Waals surface area contributed by atoms with Crippen LogP contribution >= 0.6 is 10.8 Å². The summed E-state index contributed by atoms with van der Waals surface area (Å²) in [4.78, 5) is 14.8. The van der Waals surface area contributed by atoms with Gasteiger partial charge in [-0.1, -0.05) is 92.6 Å². The maximum absolute atomic E-state index is 12.7. The van der Waals surface area contributed by atoms with Crippen molar-refractivity contribution in [3.05, 3.63) is 150 Å². The van der Waals surface area contributed by atoms with Crippen LogP contribution < -0.4 is 10.2 Å². The number of carbonyl (C=O) groups excluding carboxylic acids is 1. The van der Waals surface area contributed by atoms with E-state index >= 15 is 0 Å². The zero-order chi connectivity index (χ0) is 54.8. The molecule has 76 heavy (non-hydrogen) atoms. The zero-order valence-corrected chi connectivity index (χ0v) is 47.8. The first-order chi connectivity index (χ1) is 36.4. The van der Waals surface area contributed by atoms with Gasteiger partial charge < -0.3 is 33.7 Å². The molecule has 1 unspecified atom stereocenters.